The lowest BCUT2D eigenvalue weighted by Crippen LogP contribution is -2.45. The van der Waals surface area contributed by atoms with Crippen molar-refractivity contribution in [1.29, 1.82) is 0 Å². The first-order valence-electron chi connectivity index (χ1n) is 10.0. The van der Waals surface area contributed by atoms with Gasteiger partial charge < -0.3 is 14.9 Å². The SMILES string of the molecule is CCN(CC)C(=O)S(=O)C(C)(C)C(=O)O.CCN(CC)C(=O)S(=O)C(C)C1CC1. The fourth-order valence-electron chi connectivity index (χ4n) is 2.41. The van der Waals surface area contributed by atoms with Crippen LogP contribution >= 0.6 is 0 Å². The Morgan fingerprint density at radius 2 is 1.31 bits per heavy atom. The van der Waals surface area contributed by atoms with Gasteiger partial charge >= 0.3 is 16.4 Å². The number of carboxylic acid groups (broad SMARTS) is 1. The second-order valence-electron chi connectivity index (χ2n) is 7.30. The van der Waals surface area contributed by atoms with Gasteiger partial charge in [-0.3, -0.25) is 14.4 Å². The maximum atomic E-state index is 11.8. The van der Waals surface area contributed by atoms with Crippen LogP contribution in [0.25, 0.3) is 0 Å². The Balaban J connectivity index is 0.000000541. The summed E-state index contributed by atoms with van der Waals surface area (Å²) in [6.07, 6.45) is 2.27. The van der Waals surface area contributed by atoms with Crippen LogP contribution in [-0.2, 0) is 26.4 Å². The maximum Gasteiger partial charge on any atom is 0.322 e. The zero-order chi connectivity index (χ0) is 22.9. The second-order valence-corrected chi connectivity index (χ2v) is 10.9. The number of carbonyl (C=O) groups excluding carboxylic acids is 2. The number of nitrogens with zero attached hydrogens (tertiary/aromatic N) is 2. The molecule has 8 nitrogen and oxygen atoms in total. The highest BCUT2D eigenvalue weighted by Crippen LogP contribution is 2.35. The first-order chi connectivity index (χ1) is 13.4. The van der Waals surface area contributed by atoms with Crippen molar-refractivity contribution >= 4 is 38.0 Å². The summed E-state index contributed by atoms with van der Waals surface area (Å²) >= 11 is 0. The summed E-state index contributed by atoms with van der Waals surface area (Å²) in [4.78, 5) is 37.1. The molecule has 0 aliphatic heterocycles. The predicted octanol–water partition coefficient (Wildman–Crippen LogP) is 3.06. The normalized spacial score (nSPS) is 16.7. The molecule has 29 heavy (non-hydrogen) atoms. The number of aliphatic carboxylic acids is 1. The monoisotopic (exact) mass is 452 g/mol. The van der Waals surface area contributed by atoms with Crippen LogP contribution in [-0.4, -0.2) is 75.9 Å². The predicted molar refractivity (Wildman–Crippen MR) is 117 cm³/mol. The van der Waals surface area contributed by atoms with Crippen molar-refractivity contribution in [3.05, 3.63) is 0 Å². The zero-order valence-corrected chi connectivity index (χ0v) is 20.2. The van der Waals surface area contributed by atoms with Gasteiger partial charge in [0.15, 0.2) is 0 Å². The van der Waals surface area contributed by atoms with E-state index in [-0.39, 0.29) is 10.5 Å². The Morgan fingerprint density at radius 1 is 0.931 bits per heavy atom. The molecule has 1 rings (SSSR count). The largest absolute Gasteiger partial charge is 0.480 e. The third kappa shape index (κ3) is 7.81. The lowest BCUT2D eigenvalue weighted by Gasteiger charge is -2.23. The van der Waals surface area contributed by atoms with Gasteiger partial charge in [-0.2, -0.15) is 0 Å². The number of rotatable bonds is 8. The molecular weight excluding hydrogens is 416 g/mol. The molecule has 0 bridgehead atoms. The first kappa shape index (κ1) is 27.7. The molecular formula is C19H36N2O6S2. The molecule has 0 saturated heterocycles. The number of amides is 2. The molecule has 1 aliphatic carbocycles. The molecule has 1 aliphatic rings. The van der Waals surface area contributed by atoms with Crippen LogP contribution in [0.5, 0.6) is 0 Å². The van der Waals surface area contributed by atoms with Gasteiger partial charge in [-0.15, -0.1) is 0 Å². The van der Waals surface area contributed by atoms with Gasteiger partial charge in [0.25, 0.3) is 0 Å². The van der Waals surface area contributed by atoms with Gasteiger partial charge in [0.2, 0.25) is 0 Å². The van der Waals surface area contributed by atoms with E-state index in [9.17, 15) is 22.8 Å². The highest BCUT2D eigenvalue weighted by atomic mass is 32.2. The van der Waals surface area contributed by atoms with Gasteiger partial charge in [0, 0.05) is 31.4 Å². The van der Waals surface area contributed by atoms with Crippen molar-refractivity contribution in [2.75, 3.05) is 26.2 Å². The topological polar surface area (TPSA) is 112 Å². The zero-order valence-electron chi connectivity index (χ0n) is 18.6. The molecule has 0 heterocycles. The van der Waals surface area contributed by atoms with E-state index in [1.54, 1.807) is 18.7 Å². The van der Waals surface area contributed by atoms with E-state index < -0.39 is 37.6 Å². The Hall–Kier alpha value is -1.29. The molecule has 1 N–H and O–H groups in total. The Kier molecular flexibility index (Phi) is 11.9. The van der Waals surface area contributed by atoms with E-state index in [0.717, 1.165) is 12.8 Å². The Bertz CT molecular complexity index is 614. The summed E-state index contributed by atoms with van der Waals surface area (Å²) in [5, 5.41) is 8.06. The number of carboxylic acids is 1. The lowest BCUT2D eigenvalue weighted by atomic mass is 10.2. The van der Waals surface area contributed by atoms with Crippen LogP contribution < -0.4 is 0 Å². The van der Waals surface area contributed by atoms with E-state index >= 15 is 0 Å². The van der Waals surface area contributed by atoms with E-state index in [0.29, 0.717) is 32.1 Å². The summed E-state index contributed by atoms with van der Waals surface area (Å²) < 4.78 is 22.0. The van der Waals surface area contributed by atoms with E-state index in [2.05, 4.69) is 0 Å². The van der Waals surface area contributed by atoms with Crippen molar-refractivity contribution in [2.24, 2.45) is 5.92 Å². The molecule has 0 aromatic carbocycles. The van der Waals surface area contributed by atoms with Crippen molar-refractivity contribution in [1.82, 2.24) is 9.80 Å². The summed E-state index contributed by atoms with van der Waals surface area (Å²) in [5.74, 6) is -0.711. The molecule has 1 fully saturated rings. The summed E-state index contributed by atoms with van der Waals surface area (Å²) in [6, 6.07) is 0. The Morgan fingerprint density at radius 3 is 1.62 bits per heavy atom. The van der Waals surface area contributed by atoms with E-state index in [1.807, 2.05) is 20.8 Å². The van der Waals surface area contributed by atoms with Crippen molar-refractivity contribution < 1.29 is 27.9 Å². The lowest BCUT2D eigenvalue weighted by molar-refractivity contribution is -0.139. The minimum Gasteiger partial charge on any atom is -0.480 e. The molecule has 0 aromatic heterocycles. The van der Waals surface area contributed by atoms with Crippen molar-refractivity contribution in [3.63, 3.8) is 0 Å². The fraction of sp³-hybridized carbons (Fsp3) is 0.842. The maximum absolute atomic E-state index is 11.8. The second kappa shape index (κ2) is 12.4. The minimum atomic E-state index is -2.05. The summed E-state index contributed by atoms with van der Waals surface area (Å²) in [5.41, 5.74) is 0. The Labute approximate surface area is 179 Å². The third-order valence-corrected chi connectivity index (χ3v) is 8.32. The van der Waals surface area contributed by atoms with Gasteiger partial charge in [0.1, 0.15) is 26.3 Å². The van der Waals surface area contributed by atoms with Crippen LogP contribution in [0.15, 0.2) is 0 Å². The standard InChI is InChI=1S/C10H19NO2S.C9H17NO4S/c1-4-11(5-2)10(12)14(13)8(3)9-6-7-9;1-5-10(6-2)8(13)15(14)9(3,4)7(11)12/h8-9H,4-7H2,1-3H3;5-6H2,1-4H3,(H,11,12). The first-order valence-corrected chi connectivity index (χ1v) is 12.4. The van der Waals surface area contributed by atoms with Gasteiger partial charge in [-0.1, -0.05) is 0 Å². The molecule has 1 saturated carbocycles. The molecule has 3 atom stereocenters. The molecule has 0 radical (unpaired) electrons. The van der Waals surface area contributed by atoms with Gasteiger partial charge in [0.05, 0.1) is 0 Å². The third-order valence-electron chi connectivity index (χ3n) is 4.98. The molecule has 3 unspecified atom stereocenters. The molecule has 2 amide bonds. The highest BCUT2D eigenvalue weighted by Gasteiger charge is 2.40. The van der Waals surface area contributed by atoms with Crippen LogP contribution in [0.3, 0.4) is 0 Å². The summed E-state index contributed by atoms with van der Waals surface area (Å²) in [6.45, 7) is 14.0. The number of hydrogen-bond donors (Lipinski definition) is 1. The van der Waals surface area contributed by atoms with Crippen LogP contribution in [0, 0.1) is 5.92 Å². The minimum absolute atomic E-state index is 0.0445. The average Bonchev–Trinajstić information content (AvgIpc) is 3.53. The fourth-order valence-corrected chi connectivity index (χ4v) is 4.95. The van der Waals surface area contributed by atoms with E-state index in [1.165, 1.54) is 18.7 Å². The quantitative estimate of drug-likeness (QED) is 0.606. The van der Waals surface area contributed by atoms with Crippen molar-refractivity contribution in [2.45, 2.75) is 71.3 Å². The highest BCUT2D eigenvalue weighted by molar-refractivity contribution is 8.02. The van der Waals surface area contributed by atoms with Gasteiger partial charge in [-0.25, -0.2) is 8.42 Å². The molecule has 0 aromatic rings. The molecule has 0 spiro atoms. The smallest absolute Gasteiger partial charge is 0.322 e. The van der Waals surface area contributed by atoms with Crippen LogP contribution in [0.1, 0.15) is 61.3 Å². The van der Waals surface area contributed by atoms with Gasteiger partial charge in [-0.05, 0) is 67.2 Å². The van der Waals surface area contributed by atoms with E-state index in [4.69, 9.17) is 5.11 Å². The average molecular weight is 453 g/mol. The number of hydrogen-bond acceptors (Lipinski definition) is 5. The number of carbonyl (C=O) groups is 3. The van der Waals surface area contributed by atoms with Crippen LogP contribution in [0.2, 0.25) is 0 Å². The molecule has 10 heteroatoms. The molecule has 170 valence electrons. The summed E-state index contributed by atoms with van der Waals surface area (Å²) in [7, 11) is -3.37. The van der Waals surface area contributed by atoms with Crippen LogP contribution in [0.4, 0.5) is 9.59 Å². The van der Waals surface area contributed by atoms with Crippen molar-refractivity contribution in [3.8, 4) is 0 Å².